The van der Waals surface area contributed by atoms with Crippen LogP contribution in [0.2, 0.25) is 0 Å². The van der Waals surface area contributed by atoms with Crippen molar-refractivity contribution in [2.24, 2.45) is 5.73 Å². The van der Waals surface area contributed by atoms with E-state index >= 15 is 0 Å². The maximum atomic E-state index is 5.99. The van der Waals surface area contributed by atoms with Gasteiger partial charge in [0, 0.05) is 43.5 Å². The lowest BCUT2D eigenvalue weighted by Crippen LogP contribution is -2.33. The third-order valence-electron chi connectivity index (χ3n) is 3.61. The fourth-order valence-corrected chi connectivity index (χ4v) is 2.46. The summed E-state index contributed by atoms with van der Waals surface area (Å²) in [6.07, 6.45) is 3.82. The predicted octanol–water partition coefficient (Wildman–Crippen LogP) is 2.20. The van der Waals surface area contributed by atoms with Crippen LogP contribution in [0.3, 0.4) is 0 Å². The first-order chi connectivity index (χ1) is 9.77. The molecule has 0 aliphatic carbocycles. The van der Waals surface area contributed by atoms with Crippen molar-refractivity contribution >= 4 is 10.8 Å². The molecule has 1 heterocycles. The van der Waals surface area contributed by atoms with Crippen molar-refractivity contribution in [3.8, 4) is 0 Å². The maximum absolute atomic E-state index is 5.99. The van der Waals surface area contributed by atoms with Crippen molar-refractivity contribution in [1.82, 2.24) is 9.88 Å². The Morgan fingerprint density at radius 3 is 2.85 bits per heavy atom. The molecule has 0 saturated carbocycles. The number of likely N-dealkylation sites (N-methyl/N-ethyl adjacent to an activating group) is 1. The first-order valence-corrected chi connectivity index (χ1v) is 7.08. The summed E-state index contributed by atoms with van der Waals surface area (Å²) in [5.74, 6) is 0. The van der Waals surface area contributed by atoms with Gasteiger partial charge in [-0.05, 0) is 24.9 Å². The molecule has 0 bridgehead atoms. The SMILES string of the molecule is CCOCCN(C)C(CN)c1cncc2ccccc12. The molecular weight excluding hydrogens is 250 g/mol. The minimum Gasteiger partial charge on any atom is -0.380 e. The monoisotopic (exact) mass is 273 g/mol. The van der Waals surface area contributed by atoms with E-state index < -0.39 is 0 Å². The van der Waals surface area contributed by atoms with Crippen molar-refractivity contribution in [3.05, 3.63) is 42.2 Å². The number of benzene rings is 1. The fraction of sp³-hybridized carbons (Fsp3) is 0.438. The Morgan fingerprint density at radius 1 is 1.30 bits per heavy atom. The van der Waals surface area contributed by atoms with Gasteiger partial charge in [0.2, 0.25) is 0 Å². The van der Waals surface area contributed by atoms with Gasteiger partial charge < -0.3 is 10.5 Å². The molecule has 4 heteroatoms. The molecule has 20 heavy (non-hydrogen) atoms. The summed E-state index contributed by atoms with van der Waals surface area (Å²) >= 11 is 0. The zero-order valence-corrected chi connectivity index (χ0v) is 12.2. The number of ether oxygens (including phenoxy) is 1. The average molecular weight is 273 g/mol. The third kappa shape index (κ3) is 3.33. The van der Waals surface area contributed by atoms with Crippen LogP contribution >= 0.6 is 0 Å². The highest BCUT2D eigenvalue weighted by Crippen LogP contribution is 2.25. The van der Waals surface area contributed by atoms with E-state index in [9.17, 15) is 0 Å². The maximum Gasteiger partial charge on any atom is 0.0593 e. The standard InChI is InChI=1S/C16H23N3O/c1-3-20-9-8-19(2)16(10-17)15-12-18-11-13-6-4-5-7-14(13)15/h4-7,11-12,16H,3,8-10,17H2,1-2H3. The second kappa shape index (κ2) is 7.33. The Balaban J connectivity index is 2.25. The lowest BCUT2D eigenvalue weighted by atomic mass is 10.0. The van der Waals surface area contributed by atoms with E-state index in [2.05, 4.69) is 35.1 Å². The van der Waals surface area contributed by atoms with Crippen LogP contribution < -0.4 is 5.73 Å². The van der Waals surface area contributed by atoms with E-state index in [1.54, 1.807) is 0 Å². The Bertz CT molecular complexity index is 539. The van der Waals surface area contributed by atoms with Crippen molar-refractivity contribution < 1.29 is 4.74 Å². The molecule has 0 aliphatic rings. The van der Waals surface area contributed by atoms with Gasteiger partial charge in [-0.15, -0.1) is 0 Å². The zero-order valence-electron chi connectivity index (χ0n) is 12.2. The number of fused-ring (bicyclic) bond motifs is 1. The largest absolute Gasteiger partial charge is 0.380 e. The Labute approximate surface area is 120 Å². The number of nitrogens with two attached hydrogens (primary N) is 1. The van der Waals surface area contributed by atoms with Crippen molar-refractivity contribution in [3.63, 3.8) is 0 Å². The first-order valence-electron chi connectivity index (χ1n) is 7.08. The summed E-state index contributed by atoms with van der Waals surface area (Å²) in [5.41, 5.74) is 7.18. The summed E-state index contributed by atoms with van der Waals surface area (Å²) in [6.45, 7) is 4.91. The summed E-state index contributed by atoms with van der Waals surface area (Å²) < 4.78 is 5.42. The second-order valence-electron chi connectivity index (χ2n) is 4.88. The van der Waals surface area contributed by atoms with E-state index in [4.69, 9.17) is 10.5 Å². The number of pyridine rings is 1. The van der Waals surface area contributed by atoms with Crippen molar-refractivity contribution in [2.45, 2.75) is 13.0 Å². The molecule has 108 valence electrons. The molecule has 0 spiro atoms. The Kier molecular flexibility index (Phi) is 5.47. The molecule has 0 saturated heterocycles. The quantitative estimate of drug-likeness (QED) is 0.786. The second-order valence-corrected chi connectivity index (χ2v) is 4.88. The van der Waals surface area contributed by atoms with Crippen LogP contribution in [-0.2, 0) is 4.74 Å². The lowest BCUT2D eigenvalue weighted by Gasteiger charge is -2.27. The summed E-state index contributed by atoms with van der Waals surface area (Å²) in [4.78, 5) is 6.58. The first kappa shape index (κ1) is 14.9. The average Bonchev–Trinajstić information content (AvgIpc) is 2.48. The van der Waals surface area contributed by atoms with Gasteiger partial charge in [-0.1, -0.05) is 24.3 Å². The van der Waals surface area contributed by atoms with Gasteiger partial charge in [0.05, 0.1) is 6.61 Å². The summed E-state index contributed by atoms with van der Waals surface area (Å²) in [7, 11) is 2.08. The summed E-state index contributed by atoms with van der Waals surface area (Å²) in [5, 5.41) is 2.38. The normalized spacial score (nSPS) is 13.0. The molecule has 2 N–H and O–H groups in total. The highest BCUT2D eigenvalue weighted by Gasteiger charge is 2.17. The van der Waals surface area contributed by atoms with Crippen LogP contribution in [0.5, 0.6) is 0 Å². The molecule has 0 fully saturated rings. The molecule has 1 aromatic carbocycles. The van der Waals surface area contributed by atoms with Crippen LogP contribution in [0.4, 0.5) is 0 Å². The number of nitrogens with zero attached hydrogens (tertiary/aromatic N) is 2. The molecule has 1 aromatic heterocycles. The van der Waals surface area contributed by atoms with Crippen molar-refractivity contribution in [1.29, 1.82) is 0 Å². The highest BCUT2D eigenvalue weighted by atomic mass is 16.5. The van der Waals surface area contributed by atoms with Gasteiger partial charge >= 0.3 is 0 Å². The van der Waals surface area contributed by atoms with Gasteiger partial charge in [-0.25, -0.2) is 0 Å². The van der Waals surface area contributed by atoms with E-state index in [1.807, 2.05) is 25.4 Å². The topological polar surface area (TPSA) is 51.4 Å². The Morgan fingerprint density at radius 2 is 2.10 bits per heavy atom. The van der Waals surface area contributed by atoms with Gasteiger partial charge in [0.15, 0.2) is 0 Å². The predicted molar refractivity (Wildman–Crippen MR) is 82.7 cm³/mol. The van der Waals surface area contributed by atoms with E-state index in [-0.39, 0.29) is 6.04 Å². The van der Waals surface area contributed by atoms with Crippen molar-refractivity contribution in [2.75, 3.05) is 33.4 Å². The molecule has 2 rings (SSSR count). The Hall–Kier alpha value is -1.49. The molecule has 0 aliphatic heterocycles. The summed E-state index contributed by atoms with van der Waals surface area (Å²) in [6, 6.07) is 8.46. The molecule has 2 aromatic rings. The van der Waals surface area contributed by atoms with E-state index in [1.165, 1.54) is 10.9 Å². The molecule has 1 unspecified atom stereocenters. The van der Waals surface area contributed by atoms with E-state index in [0.717, 1.165) is 25.1 Å². The molecule has 4 nitrogen and oxygen atoms in total. The smallest absolute Gasteiger partial charge is 0.0593 e. The van der Waals surface area contributed by atoms with Crippen LogP contribution in [0.1, 0.15) is 18.5 Å². The van der Waals surface area contributed by atoms with E-state index in [0.29, 0.717) is 6.54 Å². The minimum atomic E-state index is 0.161. The van der Waals surface area contributed by atoms with Crippen LogP contribution in [0, 0.1) is 0 Å². The number of hydrogen-bond acceptors (Lipinski definition) is 4. The molecule has 0 amide bonds. The number of hydrogen-bond donors (Lipinski definition) is 1. The molecule has 0 radical (unpaired) electrons. The number of aromatic nitrogens is 1. The van der Waals surface area contributed by atoms with Crippen LogP contribution in [0.25, 0.3) is 10.8 Å². The highest BCUT2D eigenvalue weighted by molar-refractivity contribution is 5.85. The van der Waals surface area contributed by atoms with Crippen LogP contribution in [-0.4, -0.2) is 43.2 Å². The van der Waals surface area contributed by atoms with Gasteiger partial charge in [0.25, 0.3) is 0 Å². The number of rotatable bonds is 7. The van der Waals surface area contributed by atoms with Crippen LogP contribution in [0.15, 0.2) is 36.7 Å². The lowest BCUT2D eigenvalue weighted by molar-refractivity contribution is 0.108. The van der Waals surface area contributed by atoms with Gasteiger partial charge in [0.1, 0.15) is 0 Å². The minimum absolute atomic E-state index is 0.161. The third-order valence-corrected chi connectivity index (χ3v) is 3.61. The molecular formula is C16H23N3O. The fourth-order valence-electron chi connectivity index (χ4n) is 2.46. The zero-order chi connectivity index (χ0) is 14.4. The molecule has 1 atom stereocenters. The van der Waals surface area contributed by atoms with Gasteiger partial charge in [-0.3, -0.25) is 9.88 Å². The van der Waals surface area contributed by atoms with Gasteiger partial charge in [-0.2, -0.15) is 0 Å².